The van der Waals surface area contributed by atoms with Crippen LogP contribution in [-0.2, 0) is 13.1 Å². The Labute approximate surface area is 122 Å². The molecule has 0 fully saturated rings. The fourth-order valence-corrected chi connectivity index (χ4v) is 2.51. The zero-order valence-corrected chi connectivity index (χ0v) is 11.9. The summed E-state index contributed by atoms with van der Waals surface area (Å²) in [6.07, 6.45) is 0. The lowest BCUT2D eigenvalue weighted by atomic mass is 10.1. The van der Waals surface area contributed by atoms with Crippen molar-refractivity contribution in [1.29, 1.82) is 0 Å². The molecule has 3 rings (SSSR count). The second-order valence-corrected chi connectivity index (χ2v) is 5.10. The largest absolute Gasteiger partial charge is 0.326 e. The molecule has 106 valence electrons. The Morgan fingerprint density at radius 1 is 1.10 bits per heavy atom. The number of hydrogen-bond acceptors (Lipinski definition) is 3. The summed E-state index contributed by atoms with van der Waals surface area (Å²) >= 11 is 0. The third kappa shape index (κ3) is 2.58. The fourth-order valence-electron chi connectivity index (χ4n) is 2.51. The molecule has 0 spiro atoms. The summed E-state index contributed by atoms with van der Waals surface area (Å²) in [7, 11) is 0. The standard InChI is InChI=1S/C17H17N3O/c1-12-17(21)20(16-8-3-2-7-15(16)19-12)11-14-6-4-5-13(9-14)10-18/h2-9H,10-11,18H2,1H3. The Bertz CT molecular complexity index is 852. The van der Waals surface area contributed by atoms with Gasteiger partial charge < -0.3 is 10.3 Å². The van der Waals surface area contributed by atoms with Crippen molar-refractivity contribution in [3.63, 3.8) is 0 Å². The van der Waals surface area contributed by atoms with Crippen LogP contribution in [0.5, 0.6) is 0 Å². The molecule has 0 atom stereocenters. The van der Waals surface area contributed by atoms with Crippen molar-refractivity contribution in [2.45, 2.75) is 20.0 Å². The molecule has 0 radical (unpaired) electrons. The molecule has 2 N–H and O–H groups in total. The predicted octanol–water partition coefficient (Wildman–Crippen LogP) is 2.21. The molecule has 0 amide bonds. The summed E-state index contributed by atoms with van der Waals surface area (Å²) in [5.41, 5.74) is 9.97. The van der Waals surface area contributed by atoms with Crippen LogP contribution in [0.25, 0.3) is 11.0 Å². The van der Waals surface area contributed by atoms with E-state index in [1.54, 1.807) is 11.5 Å². The summed E-state index contributed by atoms with van der Waals surface area (Å²) in [6.45, 7) is 2.77. The van der Waals surface area contributed by atoms with E-state index in [0.717, 1.165) is 22.2 Å². The predicted molar refractivity (Wildman–Crippen MR) is 84.2 cm³/mol. The van der Waals surface area contributed by atoms with Crippen LogP contribution in [0.1, 0.15) is 16.8 Å². The van der Waals surface area contributed by atoms with Crippen molar-refractivity contribution in [2.75, 3.05) is 0 Å². The van der Waals surface area contributed by atoms with Gasteiger partial charge in [0.25, 0.3) is 5.56 Å². The second kappa shape index (κ2) is 5.50. The SMILES string of the molecule is Cc1nc2ccccc2n(Cc2cccc(CN)c2)c1=O. The van der Waals surface area contributed by atoms with Crippen molar-refractivity contribution in [3.05, 3.63) is 75.7 Å². The lowest BCUT2D eigenvalue weighted by Gasteiger charge is -2.11. The van der Waals surface area contributed by atoms with Gasteiger partial charge in [0.05, 0.1) is 17.6 Å². The first-order chi connectivity index (χ1) is 10.2. The molecule has 2 aromatic carbocycles. The smallest absolute Gasteiger partial charge is 0.272 e. The molecule has 21 heavy (non-hydrogen) atoms. The number of aryl methyl sites for hydroxylation is 1. The number of aromatic nitrogens is 2. The third-order valence-corrected chi connectivity index (χ3v) is 3.58. The number of hydrogen-bond donors (Lipinski definition) is 1. The topological polar surface area (TPSA) is 60.9 Å². The van der Waals surface area contributed by atoms with E-state index in [1.807, 2.05) is 48.5 Å². The van der Waals surface area contributed by atoms with Crippen LogP contribution in [0.2, 0.25) is 0 Å². The fraction of sp³-hybridized carbons (Fsp3) is 0.176. The van der Waals surface area contributed by atoms with E-state index in [9.17, 15) is 4.79 Å². The molecule has 0 bridgehead atoms. The lowest BCUT2D eigenvalue weighted by Crippen LogP contribution is -2.24. The highest BCUT2D eigenvalue weighted by Crippen LogP contribution is 2.13. The first-order valence-corrected chi connectivity index (χ1v) is 6.93. The highest BCUT2D eigenvalue weighted by molar-refractivity contribution is 5.74. The van der Waals surface area contributed by atoms with Crippen LogP contribution in [0, 0.1) is 6.92 Å². The van der Waals surface area contributed by atoms with E-state index in [0.29, 0.717) is 18.8 Å². The zero-order valence-electron chi connectivity index (χ0n) is 11.9. The van der Waals surface area contributed by atoms with Crippen molar-refractivity contribution < 1.29 is 0 Å². The van der Waals surface area contributed by atoms with Gasteiger partial charge in [0.1, 0.15) is 5.69 Å². The second-order valence-electron chi connectivity index (χ2n) is 5.10. The van der Waals surface area contributed by atoms with Crippen molar-refractivity contribution in [1.82, 2.24) is 9.55 Å². The molecule has 0 aliphatic carbocycles. The maximum absolute atomic E-state index is 12.4. The monoisotopic (exact) mass is 279 g/mol. The average Bonchev–Trinajstić information content (AvgIpc) is 2.52. The van der Waals surface area contributed by atoms with Gasteiger partial charge in [0.2, 0.25) is 0 Å². The normalized spacial score (nSPS) is 11.0. The van der Waals surface area contributed by atoms with Crippen LogP contribution in [0.4, 0.5) is 0 Å². The molecular weight excluding hydrogens is 262 g/mol. The van der Waals surface area contributed by atoms with Gasteiger partial charge in [-0.15, -0.1) is 0 Å². The summed E-state index contributed by atoms with van der Waals surface area (Å²) in [4.78, 5) is 16.8. The Hall–Kier alpha value is -2.46. The summed E-state index contributed by atoms with van der Waals surface area (Å²) in [5, 5.41) is 0. The molecule has 0 aliphatic rings. The Kier molecular flexibility index (Phi) is 3.54. The van der Waals surface area contributed by atoms with Crippen LogP contribution in [-0.4, -0.2) is 9.55 Å². The van der Waals surface area contributed by atoms with Gasteiger partial charge in [0, 0.05) is 6.54 Å². The third-order valence-electron chi connectivity index (χ3n) is 3.58. The maximum Gasteiger partial charge on any atom is 0.272 e. The average molecular weight is 279 g/mol. The number of rotatable bonds is 3. The molecule has 0 aliphatic heterocycles. The Morgan fingerprint density at radius 2 is 1.86 bits per heavy atom. The van der Waals surface area contributed by atoms with Crippen molar-refractivity contribution >= 4 is 11.0 Å². The van der Waals surface area contributed by atoms with E-state index in [2.05, 4.69) is 4.98 Å². The van der Waals surface area contributed by atoms with Crippen LogP contribution >= 0.6 is 0 Å². The van der Waals surface area contributed by atoms with Gasteiger partial charge in [-0.05, 0) is 30.2 Å². The number of fused-ring (bicyclic) bond motifs is 1. The highest BCUT2D eigenvalue weighted by Gasteiger charge is 2.08. The Balaban J connectivity index is 2.15. The molecule has 1 heterocycles. The molecule has 0 saturated heterocycles. The molecule has 0 unspecified atom stereocenters. The van der Waals surface area contributed by atoms with E-state index >= 15 is 0 Å². The molecule has 4 heteroatoms. The van der Waals surface area contributed by atoms with Crippen LogP contribution in [0.15, 0.2) is 53.3 Å². The minimum Gasteiger partial charge on any atom is -0.326 e. The van der Waals surface area contributed by atoms with E-state index in [4.69, 9.17) is 5.73 Å². The molecule has 3 aromatic rings. The maximum atomic E-state index is 12.4. The number of nitrogens with zero attached hydrogens (tertiary/aromatic N) is 2. The van der Waals surface area contributed by atoms with E-state index in [1.165, 1.54) is 0 Å². The summed E-state index contributed by atoms with van der Waals surface area (Å²) in [5.74, 6) is 0. The van der Waals surface area contributed by atoms with Crippen LogP contribution in [0.3, 0.4) is 0 Å². The molecular formula is C17H17N3O. The number of nitrogens with two attached hydrogens (primary N) is 1. The highest BCUT2D eigenvalue weighted by atomic mass is 16.1. The van der Waals surface area contributed by atoms with E-state index < -0.39 is 0 Å². The Morgan fingerprint density at radius 3 is 2.67 bits per heavy atom. The van der Waals surface area contributed by atoms with Gasteiger partial charge in [-0.25, -0.2) is 4.98 Å². The molecule has 0 saturated carbocycles. The zero-order chi connectivity index (χ0) is 14.8. The van der Waals surface area contributed by atoms with Gasteiger partial charge in [-0.1, -0.05) is 36.4 Å². The van der Waals surface area contributed by atoms with E-state index in [-0.39, 0.29) is 5.56 Å². The quantitative estimate of drug-likeness (QED) is 0.799. The van der Waals surface area contributed by atoms with Gasteiger partial charge >= 0.3 is 0 Å². The van der Waals surface area contributed by atoms with Crippen LogP contribution < -0.4 is 11.3 Å². The van der Waals surface area contributed by atoms with Crippen molar-refractivity contribution in [2.24, 2.45) is 5.73 Å². The first-order valence-electron chi connectivity index (χ1n) is 6.93. The minimum atomic E-state index is -0.0492. The van der Waals surface area contributed by atoms with Crippen molar-refractivity contribution in [3.8, 4) is 0 Å². The lowest BCUT2D eigenvalue weighted by molar-refractivity contribution is 0.775. The number of para-hydroxylation sites is 2. The number of benzene rings is 2. The summed E-state index contributed by atoms with van der Waals surface area (Å²) in [6, 6.07) is 15.7. The summed E-state index contributed by atoms with van der Waals surface area (Å²) < 4.78 is 1.77. The molecule has 1 aromatic heterocycles. The minimum absolute atomic E-state index is 0.0492. The van der Waals surface area contributed by atoms with Gasteiger partial charge in [-0.3, -0.25) is 4.79 Å². The molecule has 4 nitrogen and oxygen atoms in total. The van der Waals surface area contributed by atoms with Gasteiger partial charge in [-0.2, -0.15) is 0 Å². The first kappa shape index (κ1) is 13.5. The van der Waals surface area contributed by atoms with Gasteiger partial charge in [0.15, 0.2) is 0 Å².